The Hall–Kier alpha value is -1.59. The van der Waals surface area contributed by atoms with Crippen LogP contribution in [0, 0.1) is 5.92 Å². The summed E-state index contributed by atoms with van der Waals surface area (Å²) in [5.41, 5.74) is 0. The van der Waals surface area contributed by atoms with E-state index in [-0.39, 0.29) is 43.6 Å². The summed E-state index contributed by atoms with van der Waals surface area (Å²) in [6.45, 7) is 7.18. The summed E-state index contributed by atoms with van der Waals surface area (Å²) in [7, 11) is 0. The van der Waals surface area contributed by atoms with Crippen LogP contribution in [0.25, 0.3) is 0 Å². The number of hydrogen-bond acceptors (Lipinski definition) is 6. The van der Waals surface area contributed by atoms with Gasteiger partial charge in [-0.05, 0) is 19.3 Å². The van der Waals surface area contributed by atoms with Crippen molar-refractivity contribution in [2.75, 3.05) is 19.8 Å². The van der Waals surface area contributed by atoms with Gasteiger partial charge < -0.3 is 14.2 Å². The summed E-state index contributed by atoms with van der Waals surface area (Å²) in [6.07, 6.45) is 68.0. The van der Waals surface area contributed by atoms with Gasteiger partial charge in [-0.25, -0.2) is 0 Å². The molecule has 416 valence electrons. The number of unbranched alkanes of at least 4 members (excludes halogenated alkanes) is 48. The zero-order valence-corrected chi connectivity index (χ0v) is 47.8. The summed E-state index contributed by atoms with van der Waals surface area (Å²) < 4.78 is 17.0. The van der Waals surface area contributed by atoms with Gasteiger partial charge in [0.25, 0.3) is 0 Å². The van der Waals surface area contributed by atoms with Crippen LogP contribution in [0.5, 0.6) is 0 Å². The fraction of sp³-hybridized carbons (Fsp3) is 0.953. The minimum atomic E-state index is -0.349. The second-order valence-corrected chi connectivity index (χ2v) is 22.1. The Morgan fingerprint density at radius 3 is 0.486 bits per heavy atom. The van der Waals surface area contributed by atoms with Gasteiger partial charge in [0.15, 0.2) is 0 Å². The molecule has 0 fully saturated rings. The lowest BCUT2D eigenvalue weighted by atomic mass is 10.0. The van der Waals surface area contributed by atoms with Gasteiger partial charge in [0, 0.05) is 19.3 Å². The molecule has 6 heteroatoms. The Kier molecular flexibility index (Phi) is 58.6. The topological polar surface area (TPSA) is 78.9 Å². The highest BCUT2D eigenvalue weighted by Gasteiger charge is 2.18. The van der Waals surface area contributed by atoms with Crippen molar-refractivity contribution in [1.29, 1.82) is 0 Å². The third kappa shape index (κ3) is 57.3. The summed E-state index contributed by atoms with van der Waals surface area (Å²) in [5.74, 6) is -0.986. The standard InChI is InChI=1S/C64H124O6/c1-4-7-10-13-16-19-22-25-28-31-34-37-40-43-46-49-52-55-62(65)68-58-61(59-69-63(66)56-53-50-47-44-41-38-35-32-29-26-23-20-17-14-11-8-5-2)60-70-64(67)57-54-51-48-45-42-39-36-33-30-27-24-21-18-15-12-9-6-3/h61H,4-60H2,1-3H3. The zero-order valence-electron chi connectivity index (χ0n) is 47.8. The van der Waals surface area contributed by atoms with Crippen LogP contribution in [0.2, 0.25) is 0 Å². The highest BCUT2D eigenvalue weighted by Crippen LogP contribution is 2.18. The normalized spacial score (nSPS) is 11.5. The fourth-order valence-corrected chi connectivity index (χ4v) is 9.98. The third-order valence-electron chi connectivity index (χ3n) is 14.9. The van der Waals surface area contributed by atoms with E-state index in [2.05, 4.69) is 20.8 Å². The van der Waals surface area contributed by atoms with Gasteiger partial charge in [0.1, 0.15) is 19.8 Å². The third-order valence-corrected chi connectivity index (χ3v) is 14.9. The van der Waals surface area contributed by atoms with Crippen molar-refractivity contribution in [3.63, 3.8) is 0 Å². The Morgan fingerprint density at radius 2 is 0.343 bits per heavy atom. The predicted octanol–water partition coefficient (Wildman–Crippen LogP) is 21.4. The number of carbonyl (C=O) groups is 3. The average molecular weight is 990 g/mol. The first-order valence-electron chi connectivity index (χ1n) is 32.0. The minimum absolute atomic E-state index is 0.108. The molecule has 0 spiro atoms. The Balaban J connectivity index is 4.28. The molecule has 6 nitrogen and oxygen atoms in total. The zero-order chi connectivity index (χ0) is 50.7. The molecular formula is C64H124O6. The molecule has 0 unspecified atom stereocenters. The summed E-state index contributed by atoms with van der Waals surface area (Å²) >= 11 is 0. The lowest BCUT2D eigenvalue weighted by molar-refractivity contribution is -0.153. The quantitative estimate of drug-likeness (QED) is 0.0343. The Morgan fingerprint density at radius 1 is 0.214 bits per heavy atom. The molecule has 0 rings (SSSR count). The number of carbonyl (C=O) groups excluding carboxylic acids is 3. The second kappa shape index (κ2) is 60.0. The van der Waals surface area contributed by atoms with Gasteiger partial charge in [0.05, 0.1) is 5.92 Å². The van der Waals surface area contributed by atoms with Crippen molar-refractivity contribution < 1.29 is 28.6 Å². The summed E-state index contributed by atoms with van der Waals surface area (Å²) in [6, 6.07) is 0. The molecule has 0 aromatic carbocycles. The van der Waals surface area contributed by atoms with Crippen molar-refractivity contribution in [1.82, 2.24) is 0 Å². The van der Waals surface area contributed by atoms with E-state index in [1.165, 1.54) is 289 Å². The number of ether oxygens (including phenoxy) is 3. The van der Waals surface area contributed by atoms with Crippen molar-refractivity contribution in [3.8, 4) is 0 Å². The van der Waals surface area contributed by atoms with E-state index in [4.69, 9.17) is 14.2 Å². The average Bonchev–Trinajstić information content (AvgIpc) is 3.36. The van der Waals surface area contributed by atoms with Gasteiger partial charge in [0.2, 0.25) is 0 Å². The number of esters is 3. The molecule has 0 saturated heterocycles. The molecule has 0 bridgehead atoms. The Labute approximate surface area is 438 Å². The second-order valence-electron chi connectivity index (χ2n) is 22.1. The highest BCUT2D eigenvalue weighted by atomic mass is 16.6. The maximum absolute atomic E-state index is 12.7. The molecule has 0 amide bonds. The van der Waals surface area contributed by atoms with Crippen molar-refractivity contribution in [2.45, 2.75) is 367 Å². The highest BCUT2D eigenvalue weighted by molar-refractivity contribution is 5.70. The van der Waals surface area contributed by atoms with E-state index in [1.54, 1.807) is 0 Å². The van der Waals surface area contributed by atoms with E-state index >= 15 is 0 Å². The first kappa shape index (κ1) is 68.4. The first-order valence-corrected chi connectivity index (χ1v) is 32.0. The molecule has 0 atom stereocenters. The SMILES string of the molecule is CCCCCCCCCCCCCCCCCCCC(=O)OCC(COC(=O)CCCCCCCCCCCCCCCCCCC)COC(=O)CCCCCCCCCCCCCCCCCCC. The van der Waals surface area contributed by atoms with Gasteiger partial charge >= 0.3 is 17.9 Å². The molecule has 70 heavy (non-hydrogen) atoms. The van der Waals surface area contributed by atoms with Crippen LogP contribution in [-0.2, 0) is 28.6 Å². The molecular weight excluding hydrogens is 865 g/mol. The van der Waals surface area contributed by atoms with E-state index in [9.17, 15) is 14.4 Å². The molecule has 0 aromatic rings. The molecule has 0 N–H and O–H groups in total. The maximum Gasteiger partial charge on any atom is 0.305 e. The van der Waals surface area contributed by atoms with E-state index in [1.807, 2.05) is 0 Å². The van der Waals surface area contributed by atoms with Gasteiger partial charge in [-0.2, -0.15) is 0 Å². The van der Waals surface area contributed by atoms with Crippen LogP contribution in [0.15, 0.2) is 0 Å². The molecule has 0 aliphatic rings. The van der Waals surface area contributed by atoms with Crippen LogP contribution < -0.4 is 0 Å². The van der Waals surface area contributed by atoms with Crippen molar-refractivity contribution in [3.05, 3.63) is 0 Å². The van der Waals surface area contributed by atoms with Gasteiger partial charge in [-0.3, -0.25) is 14.4 Å². The van der Waals surface area contributed by atoms with Crippen molar-refractivity contribution >= 4 is 17.9 Å². The Bertz CT molecular complexity index is 916. The largest absolute Gasteiger partial charge is 0.465 e. The van der Waals surface area contributed by atoms with Crippen LogP contribution in [0.3, 0.4) is 0 Å². The fourth-order valence-electron chi connectivity index (χ4n) is 9.98. The minimum Gasteiger partial charge on any atom is -0.465 e. The van der Waals surface area contributed by atoms with Gasteiger partial charge in [-0.1, -0.05) is 329 Å². The van der Waals surface area contributed by atoms with E-state index in [0.29, 0.717) is 19.3 Å². The number of hydrogen-bond donors (Lipinski definition) is 0. The number of rotatable bonds is 60. The van der Waals surface area contributed by atoms with Crippen LogP contribution >= 0.6 is 0 Å². The lowest BCUT2D eigenvalue weighted by Gasteiger charge is -2.17. The molecule has 0 radical (unpaired) electrons. The van der Waals surface area contributed by atoms with Crippen LogP contribution in [0.1, 0.15) is 367 Å². The molecule has 0 heterocycles. The maximum atomic E-state index is 12.7. The summed E-state index contributed by atoms with van der Waals surface area (Å²) in [5, 5.41) is 0. The van der Waals surface area contributed by atoms with Crippen LogP contribution in [-0.4, -0.2) is 37.7 Å². The molecule has 0 saturated carbocycles. The molecule has 0 aliphatic heterocycles. The summed E-state index contributed by atoms with van der Waals surface area (Å²) in [4.78, 5) is 38.1. The van der Waals surface area contributed by atoms with E-state index < -0.39 is 0 Å². The van der Waals surface area contributed by atoms with Crippen molar-refractivity contribution in [2.24, 2.45) is 5.92 Å². The predicted molar refractivity (Wildman–Crippen MR) is 303 cm³/mol. The van der Waals surface area contributed by atoms with E-state index in [0.717, 1.165) is 38.5 Å². The molecule has 0 aliphatic carbocycles. The monoisotopic (exact) mass is 989 g/mol. The van der Waals surface area contributed by atoms with Gasteiger partial charge in [-0.15, -0.1) is 0 Å². The first-order chi connectivity index (χ1) is 34.5. The van der Waals surface area contributed by atoms with Crippen LogP contribution in [0.4, 0.5) is 0 Å². The lowest BCUT2D eigenvalue weighted by Crippen LogP contribution is -2.26. The molecule has 0 aromatic heterocycles. The smallest absolute Gasteiger partial charge is 0.305 e.